The van der Waals surface area contributed by atoms with Crippen molar-refractivity contribution in [2.45, 2.75) is 33.2 Å². The summed E-state index contributed by atoms with van der Waals surface area (Å²) in [4.78, 5) is 20.4. The lowest BCUT2D eigenvalue weighted by atomic mass is 10.1. The highest BCUT2D eigenvalue weighted by Gasteiger charge is 2.08. The molecule has 0 aliphatic rings. The number of likely N-dealkylation sites (N-methyl/N-ethyl adjacent to an activating group) is 1. The summed E-state index contributed by atoms with van der Waals surface area (Å²) in [5.74, 6) is 0.859. The van der Waals surface area contributed by atoms with Crippen LogP contribution in [0.15, 0.2) is 46.8 Å². The average molecular weight is 387 g/mol. The summed E-state index contributed by atoms with van der Waals surface area (Å²) in [6.07, 6.45) is 1.94. The number of thiophene rings is 1. The van der Waals surface area contributed by atoms with Gasteiger partial charge in [0.2, 0.25) is 0 Å². The summed E-state index contributed by atoms with van der Waals surface area (Å²) in [6, 6.07) is 11.9. The van der Waals surface area contributed by atoms with Gasteiger partial charge in [0.05, 0.1) is 6.54 Å². The molecule has 0 aliphatic carbocycles. The molecule has 2 N–H and O–H groups in total. The van der Waals surface area contributed by atoms with Crippen molar-refractivity contribution in [3.8, 4) is 0 Å². The Balaban J connectivity index is 1.99. The van der Waals surface area contributed by atoms with Crippen LogP contribution in [-0.2, 0) is 13.0 Å². The van der Waals surface area contributed by atoms with Crippen LogP contribution in [0.2, 0.25) is 0 Å². The van der Waals surface area contributed by atoms with Gasteiger partial charge in [-0.1, -0.05) is 25.1 Å². The molecule has 1 aromatic carbocycles. The number of amides is 1. The minimum Gasteiger partial charge on any atom is -0.357 e. The number of hydrogen-bond donors (Lipinski definition) is 2. The van der Waals surface area contributed by atoms with Crippen molar-refractivity contribution in [1.82, 2.24) is 15.5 Å². The van der Waals surface area contributed by atoms with Crippen molar-refractivity contribution in [1.29, 1.82) is 0 Å². The molecule has 0 bridgehead atoms. The standard InChI is InChI=1S/C21H30N4OS/c1-4-12-23-20(26)18-9-6-8-17(15-18)16-24-21(22-5-2)25(3)13-11-19-10-7-14-27-19/h6-10,14-15H,4-5,11-13,16H2,1-3H3,(H,22,24)(H,23,26). The molecule has 0 aliphatic heterocycles. The van der Waals surface area contributed by atoms with Gasteiger partial charge in [0.15, 0.2) is 5.96 Å². The van der Waals surface area contributed by atoms with Gasteiger partial charge >= 0.3 is 0 Å². The van der Waals surface area contributed by atoms with E-state index in [1.54, 1.807) is 11.3 Å². The third kappa shape index (κ3) is 7.06. The zero-order valence-electron chi connectivity index (χ0n) is 16.5. The number of aliphatic imine (C=N–C) groups is 1. The third-order valence-electron chi connectivity index (χ3n) is 4.11. The fourth-order valence-corrected chi connectivity index (χ4v) is 3.32. The van der Waals surface area contributed by atoms with Crippen LogP contribution in [-0.4, -0.2) is 43.4 Å². The molecule has 1 amide bonds. The van der Waals surface area contributed by atoms with E-state index in [2.05, 4.69) is 47.0 Å². The first-order chi connectivity index (χ1) is 13.1. The van der Waals surface area contributed by atoms with E-state index in [9.17, 15) is 4.79 Å². The van der Waals surface area contributed by atoms with Crippen molar-refractivity contribution in [3.63, 3.8) is 0 Å². The number of nitrogens with one attached hydrogen (secondary N) is 2. The van der Waals surface area contributed by atoms with Crippen LogP contribution < -0.4 is 10.6 Å². The molecule has 6 heteroatoms. The van der Waals surface area contributed by atoms with E-state index in [0.29, 0.717) is 18.7 Å². The summed E-state index contributed by atoms with van der Waals surface area (Å²) >= 11 is 1.79. The Hall–Kier alpha value is -2.34. The summed E-state index contributed by atoms with van der Waals surface area (Å²) in [6.45, 7) is 7.08. The predicted octanol–water partition coefficient (Wildman–Crippen LogP) is 3.53. The van der Waals surface area contributed by atoms with Crippen molar-refractivity contribution in [2.24, 2.45) is 4.99 Å². The summed E-state index contributed by atoms with van der Waals surface area (Å²) < 4.78 is 0. The average Bonchev–Trinajstić information content (AvgIpc) is 3.21. The van der Waals surface area contributed by atoms with Crippen LogP contribution in [0.5, 0.6) is 0 Å². The van der Waals surface area contributed by atoms with Crippen molar-refractivity contribution in [2.75, 3.05) is 26.7 Å². The predicted molar refractivity (Wildman–Crippen MR) is 115 cm³/mol. The van der Waals surface area contributed by atoms with Gasteiger partial charge in [-0.3, -0.25) is 4.79 Å². The summed E-state index contributed by atoms with van der Waals surface area (Å²) in [5.41, 5.74) is 1.72. The molecule has 0 fully saturated rings. The van der Waals surface area contributed by atoms with Gasteiger partial charge in [-0.15, -0.1) is 11.3 Å². The van der Waals surface area contributed by atoms with Crippen molar-refractivity contribution < 1.29 is 4.79 Å². The van der Waals surface area contributed by atoms with E-state index < -0.39 is 0 Å². The molecular weight excluding hydrogens is 356 g/mol. The Morgan fingerprint density at radius 3 is 2.74 bits per heavy atom. The van der Waals surface area contributed by atoms with E-state index in [4.69, 9.17) is 4.99 Å². The molecule has 0 saturated carbocycles. The molecule has 1 aromatic heterocycles. The topological polar surface area (TPSA) is 56.7 Å². The van der Waals surface area contributed by atoms with Gasteiger partial charge in [0.25, 0.3) is 5.91 Å². The molecule has 0 spiro atoms. The number of carbonyl (C=O) groups is 1. The van der Waals surface area contributed by atoms with E-state index in [1.165, 1.54) is 4.88 Å². The third-order valence-corrected chi connectivity index (χ3v) is 5.04. The first-order valence-electron chi connectivity index (χ1n) is 9.53. The Morgan fingerprint density at radius 2 is 2.04 bits per heavy atom. The van der Waals surface area contributed by atoms with Crippen molar-refractivity contribution in [3.05, 3.63) is 57.8 Å². The summed E-state index contributed by atoms with van der Waals surface area (Å²) in [7, 11) is 2.06. The molecule has 2 aromatic rings. The minimum atomic E-state index is -0.0253. The van der Waals surface area contributed by atoms with Gasteiger partial charge in [0, 0.05) is 37.1 Å². The molecular formula is C21H30N4OS. The first kappa shape index (κ1) is 21.0. The summed E-state index contributed by atoms with van der Waals surface area (Å²) in [5, 5.41) is 8.37. The number of nitrogens with zero attached hydrogens (tertiary/aromatic N) is 2. The fourth-order valence-electron chi connectivity index (χ4n) is 2.63. The quantitative estimate of drug-likeness (QED) is 0.512. The molecule has 0 saturated heterocycles. The minimum absolute atomic E-state index is 0.0253. The molecule has 1 heterocycles. The Bertz CT molecular complexity index is 728. The maximum atomic E-state index is 12.1. The molecule has 146 valence electrons. The molecule has 27 heavy (non-hydrogen) atoms. The Morgan fingerprint density at radius 1 is 1.19 bits per heavy atom. The lowest BCUT2D eigenvalue weighted by Crippen LogP contribution is -2.39. The maximum Gasteiger partial charge on any atom is 0.251 e. The maximum absolute atomic E-state index is 12.1. The molecule has 0 radical (unpaired) electrons. The monoisotopic (exact) mass is 386 g/mol. The molecule has 0 atom stereocenters. The number of guanidine groups is 1. The van der Waals surface area contributed by atoms with E-state index in [1.807, 2.05) is 31.2 Å². The van der Waals surface area contributed by atoms with Crippen molar-refractivity contribution >= 4 is 23.2 Å². The van der Waals surface area contributed by atoms with Crippen LogP contribution in [0.1, 0.15) is 41.1 Å². The second-order valence-electron chi connectivity index (χ2n) is 6.38. The van der Waals surface area contributed by atoms with Crippen LogP contribution in [0.25, 0.3) is 0 Å². The Kier molecular flexibility index (Phi) is 8.84. The highest BCUT2D eigenvalue weighted by atomic mass is 32.1. The van der Waals surface area contributed by atoms with Gasteiger partial charge in [-0.25, -0.2) is 4.99 Å². The molecule has 0 unspecified atom stereocenters. The smallest absolute Gasteiger partial charge is 0.251 e. The lowest BCUT2D eigenvalue weighted by Gasteiger charge is -2.21. The van der Waals surface area contributed by atoms with Gasteiger partial charge in [0.1, 0.15) is 0 Å². The highest BCUT2D eigenvalue weighted by Crippen LogP contribution is 2.10. The van der Waals surface area contributed by atoms with Crippen LogP contribution in [0, 0.1) is 0 Å². The van der Waals surface area contributed by atoms with E-state index in [0.717, 1.165) is 37.5 Å². The number of carbonyl (C=O) groups excluding carboxylic acids is 1. The normalized spacial score (nSPS) is 11.3. The number of rotatable bonds is 9. The zero-order valence-corrected chi connectivity index (χ0v) is 17.3. The van der Waals surface area contributed by atoms with Crippen LogP contribution >= 0.6 is 11.3 Å². The number of hydrogen-bond acceptors (Lipinski definition) is 3. The zero-order chi connectivity index (χ0) is 19.5. The van der Waals surface area contributed by atoms with Crippen LogP contribution in [0.4, 0.5) is 0 Å². The number of benzene rings is 1. The molecule has 2 rings (SSSR count). The lowest BCUT2D eigenvalue weighted by molar-refractivity contribution is 0.0953. The largest absolute Gasteiger partial charge is 0.357 e. The second-order valence-corrected chi connectivity index (χ2v) is 7.41. The van der Waals surface area contributed by atoms with Crippen LogP contribution in [0.3, 0.4) is 0 Å². The van der Waals surface area contributed by atoms with E-state index in [-0.39, 0.29) is 5.91 Å². The van der Waals surface area contributed by atoms with Gasteiger partial charge in [-0.05, 0) is 48.9 Å². The fraction of sp³-hybridized carbons (Fsp3) is 0.429. The molecule has 5 nitrogen and oxygen atoms in total. The second kappa shape index (κ2) is 11.4. The first-order valence-corrected chi connectivity index (χ1v) is 10.4. The van der Waals surface area contributed by atoms with Gasteiger partial charge < -0.3 is 15.5 Å². The highest BCUT2D eigenvalue weighted by molar-refractivity contribution is 7.09. The SMILES string of the molecule is CCCNC(=O)c1cccc(CN=C(NCC)N(C)CCc2cccs2)c1. The Labute approximate surface area is 166 Å². The van der Waals surface area contributed by atoms with Gasteiger partial charge in [-0.2, -0.15) is 0 Å². The van der Waals surface area contributed by atoms with E-state index >= 15 is 0 Å².